The van der Waals surface area contributed by atoms with Gasteiger partial charge < -0.3 is 10.6 Å². The number of amides is 3. The SMILES string of the molecule is CCN(C(=O)NCc1ccccn1)C(=O)C(CNC)CC1CCCC(=O)C1. The second-order valence-electron chi connectivity index (χ2n) is 7.05. The summed E-state index contributed by atoms with van der Waals surface area (Å²) in [5.41, 5.74) is 0.738. The van der Waals surface area contributed by atoms with E-state index in [1.165, 1.54) is 4.90 Å². The maximum absolute atomic E-state index is 13.0. The monoisotopic (exact) mass is 374 g/mol. The first-order chi connectivity index (χ1) is 13.0. The molecular weight excluding hydrogens is 344 g/mol. The number of carbonyl (C=O) groups is 3. The van der Waals surface area contributed by atoms with E-state index in [9.17, 15) is 14.4 Å². The highest BCUT2D eigenvalue weighted by atomic mass is 16.2. The molecule has 0 bridgehead atoms. The fourth-order valence-corrected chi connectivity index (χ4v) is 3.62. The molecule has 0 radical (unpaired) electrons. The fraction of sp³-hybridized carbons (Fsp3) is 0.600. The van der Waals surface area contributed by atoms with Crippen LogP contribution in [0.4, 0.5) is 4.79 Å². The summed E-state index contributed by atoms with van der Waals surface area (Å²) in [7, 11) is 1.80. The molecule has 0 saturated heterocycles. The van der Waals surface area contributed by atoms with Crippen LogP contribution < -0.4 is 10.6 Å². The van der Waals surface area contributed by atoms with Crippen molar-refractivity contribution in [3.63, 3.8) is 0 Å². The van der Waals surface area contributed by atoms with Crippen molar-refractivity contribution in [2.75, 3.05) is 20.1 Å². The molecule has 3 amide bonds. The normalized spacial score (nSPS) is 18.0. The number of carbonyl (C=O) groups excluding carboxylic acids is 3. The van der Waals surface area contributed by atoms with Gasteiger partial charge >= 0.3 is 6.03 Å². The van der Waals surface area contributed by atoms with E-state index >= 15 is 0 Å². The Labute approximate surface area is 160 Å². The highest BCUT2D eigenvalue weighted by Crippen LogP contribution is 2.28. The molecule has 0 spiro atoms. The quantitative estimate of drug-likeness (QED) is 0.727. The molecule has 0 aliphatic heterocycles. The predicted molar refractivity (Wildman–Crippen MR) is 103 cm³/mol. The number of rotatable bonds is 8. The number of Topliss-reactive ketones (excluding diaryl/α,β-unsaturated/α-hetero) is 1. The molecule has 1 aliphatic rings. The van der Waals surface area contributed by atoms with E-state index in [1.54, 1.807) is 20.2 Å². The van der Waals surface area contributed by atoms with Crippen LogP contribution in [0.25, 0.3) is 0 Å². The molecule has 7 heteroatoms. The lowest BCUT2D eigenvalue weighted by Gasteiger charge is -2.29. The lowest BCUT2D eigenvalue weighted by Crippen LogP contribution is -2.48. The van der Waals surface area contributed by atoms with Crippen LogP contribution in [0.3, 0.4) is 0 Å². The van der Waals surface area contributed by atoms with Crippen LogP contribution in [0.5, 0.6) is 0 Å². The fourth-order valence-electron chi connectivity index (χ4n) is 3.62. The molecule has 2 rings (SSSR count). The van der Waals surface area contributed by atoms with Gasteiger partial charge in [0.1, 0.15) is 5.78 Å². The van der Waals surface area contributed by atoms with Crippen molar-refractivity contribution in [3.8, 4) is 0 Å². The molecule has 1 heterocycles. The van der Waals surface area contributed by atoms with Gasteiger partial charge in [0.2, 0.25) is 5.91 Å². The van der Waals surface area contributed by atoms with Crippen LogP contribution in [-0.4, -0.2) is 47.7 Å². The molecule has 2 N–H and O–H groups in total. The van der Waals surface area contributed by atoms with Gasteiger partial charge in [-0.3, -0.25) is 19.5 Å². The topological polar surface area (TPSA) is 91.4 Å². The second kappa shape index (κ2) is 10.8. The molecule has 1 aliphatic carbocycles. The van der Waals surface area contributed by atoms with Crippen molar-refractivity contribution in [3.05, 3.63) is 30.1 Å². The summed E-state index contributed by atoms with van der Waals surface area (Å²) >= 11 is 0. The molecule has 1 aromatic rings. The standard InChI is InChI=1S/C20H30N4O3/c1-3-24(20(27)23-14-17-8-4-5-10-22-17)19(26)16(13-21-2)11-15-7-6-9-18(25)12-15/h4-5,8,10,15-16,21H,3,6-7,9,11-14H2,1-2H3,(H,23,27). The maximum atomic E-state index is 13.0. The highest BCUT2D eigenvalue weighted by molar-refractivity contribution is 5.95. The number of aromatic nitrogens is 1. The second-order valence-corrected chi connectivity index (χ2v) is 7.05. The van der Waals surface area contributed by atoms with E-state index in [1.807, 2.05) is 18.2 Å². The summed E-state index contributed by atoms with van der Waals surface area (Å²) in [6, 6.07) is 5.08. The smallest absolute Gasteiger partial charge is 0.324 e. The average molecular weight is 374 g/mol. The van der Waals surface area contributed by atoms with Crippen molar-refractivity contribution < 1.29 is 14.4 Å². The third kappa shape index (κ3) is 6.43. The van der Waals surface area contributed by atoms with Crippen LogP contribution in [0.1, 0.15) is 44.7 Å². The van der Waals surface area contributed by atoms with Gasteiger partial charge in [0.15, 0.2) is 0 Å². The molecule has 7 nitrogen and oxygen atoms in total. The molecule has 27 heavy (non-hydrogen) atoms. The minimum absolute atomic E-state index is 0.191. The molecule has 2 unspecified atom stereocenters. The van der Waals surface area contributed by atoms with Crippen LogP contribution in [-0.2, 0) is 16.1 Å². The van der Waals surface area contributed by atoms with Gasteiger partial charge in [0.05, 0.1) is 18.2 Å². The largest absolute Gasteiger partial charge is 0.332 e. The van der Waals surface area contributed by atoms with E-state index in [0.717, 1.165) is 18.5 Å². The van der Waals surface area contributed by atoms with Gasteiger partial charge in [0.25, 0.3) is 0 Å². The summed E-state index contributed by atoms with van der Waals surface area (Å²) in [4.78, 5) is 42.7. The van der Waals surface area contributed by atoms with E-state index in [2.05, 4.69) is 15.6 Å². The van der Waals surface area contributed by atoms with E-state index < -0.39 is 6.03 Å². The molecule has 1 fully saturated rings. The molecular formula is C20H30N4O3. The van der Waals surface area contributed by atoms with Crippen molar-refractivity contribution in [2.24, 2.45) is 11.8 Å². The van der Waals surface area contributed by atoms with Crippen molar-refractivity contribution in [1.82, 2.24) is 20.5 Å². The van der Waals surface area contributed by atoms with Gasteiger partial charge in [-0.1, -0.05) is 6.07 Å². The van der Waals surface area contributed by atoms with Gasteiger partial charge in [-0.2, -0.15) is 0 Å². The van der Waals surface area contributed by atoms with Crippen LogP contribution in [0.15, 0.2) is 24.4 Å². The Morgan fingerprint density at radius 3 is 2.81 bits per heavy atom. The third-order valence-electron chi connectivity index (χ3n) is 4.98. The Hall–Kier alpha value is -2.28. The first-order valence-electron chi connectivity index (χ1n) is 9.70. The number of hydrogen-bond donors (Lipinski definition) is 2. The Morgan fingerprint density at radius 1 is 1.37 bits per heavy atom. The van der Waals surface area contributed by atoms with Gasteiger partial charge in [0, 0.05) is 32.1 Å². The summed E-state index contributed by atoms with van der Waals surface area (Å²) in [5, 5.41) is 5.82. The minimum atomic E-state index is -0.408. The zero-order valence-corrected chi connectivity index (χ0v) is 16.2. The number of nitrogens with one attached hydrogen (secondary N) is 2. The van der Waals surface area contributed by atoms with E-state index in [4.69, 9.17) is 0 Å². The van der Waals surface area contributed by atoms with Crippen LogP contribution in [0, 0.1) is 11.8 Å². The lowest BCUT2D eigenvalue weighted by molar-refractivity contribution is -0.133. The molecule has 148 valence electrons. The first kappa shape index (κ1) is 21.0. The number of pyridine rings is 1. The van der Waals surface area contributed by atoms with Gasteiger partial charge in [-0.15, -0.1) is 0 Å². The molecule has 1 aromatic heterocycles. The zero-order chi connectivity index (χ0) is 19.6. The Kier molecular flexibility index (Phi) is 8.39. The number of imide groups is 1. The van der Waals surface area contributed by atoms with Crippen molar-refractivity contribution in [1.29, 1.82) is 0 Å². The molecule has 2 atom stereocenters. The summed E-state index contributed by atoms with van der Waals surface area (Å²) in [5.74, 6) is 0.000961. The summed E-state index contributed by atoms with van der Waals surface area (Å²) in [6.07, 6.45) is 5.36. The molecule has 0 aromatic carbocycles. The Bertz CT molecular complexity index is 635. The summed E-state index contributed by atoms with van der Waals surface area (Å²) in [6.45, 7) is 2.86. The van der Waals surface area contributed by atoms with E-state index in [0.29, 0.717) is 32.4 Å². The van der Waals surface area contributed by atoms with E-state index in [-0.39, 0.29) is 30.1 Å². The third-order valence-corrected chi connectivity index (χ3v) is 4.98. The lowest BCUT2D eigenvalue weighted by atomic mass is 9.81. The van der Waals surface area contributed by atoms with Crippen molar-refractivity contribution >= 4 is 17.7 Å². The number of urea groups is 1. The number of nitrogens with zero attached hydrogens (tertiary/aromatic N) is 2. The number of ketones is 1. The number of hydrogen-bond acceptors (Lipinski definition) is 5. The van der Waals surface area contributed by atoms with Gasteiger partial charge in [-0.25, -0.2) is 4.79 Å². The Morgan fingerprint density at radius 2 is 2.19 bits per heavy atom. The van der Waals surface area contributed by atoms with Crippen molar-refractivity contribution in [2.45, 2.75) is 45.6 Å². The zero-order valence-electron chi connectivity index (χ0n) is 16.2. The first-order valence-corrected chi connectivity index (χ1v) is 9.70. The summed E-state index contributed by atoms with van der Waals surface area (Å²) < 4.78 is 0. The predicted octanol–water partition coefficient (Wildman–Crippen LogP) is 2.12. The maximum Gasteiger partial charge on any atom is 0.324 e. The van der Waals surface area contributed by atoms with Gasteiger partial charge in [-0.05, 0) is 51.3 Å². The van der Waals surface area contributed by atoms with Crippen LogP contribution in [0.2, 0.25) is 0 Å². The average Bonchev–Trinajstić information content (AvgIpc) is 2.67. The van der Waals surface area contributed by atoms with Crippen LogP contribution >= 0.6 is 0 Å². The highest BCUT2D eigenvalue weighted by Gasteiger charge is 2.31. The minimum Gasteiger partial charge on any atom is -0.332 e. The Balaban J connectivity index is 1.97. The molecule has 1 saturated carbocycles.